The van der Waals surface area contributed by atoms with Crippen LogP contribution in [0.25, 0.3) is 11.0 Å². The maximum Gasteiger partial charge on any atom is 0.322 e. The number of primary amides is 6. The van der Waals surface area contributed by atoms with E-state index in [0.717, 1.165) is 11.1 Å². The van der Waals surface area contributed by atoms with Crippen LogP contribution in [0.4, 0.5) is 0 Å². The van der Waals surface area contributed by atoms with Crippen LogP contribution in [-0.2, 0) is 87.9 Å². The molecule has 1 aromatic carbocycles. The van der Waals surface area contributed by atoms with Gasteiger partial charge in [-0.05, 0) is 114 Å². The number of carbonyl (C=O) groups is 11. The molecule has 8 rings (SSSR count). The first-order chi connectivity index (χ1) is 51.1. The van der Waals surface area contributed by atoms with Gasteiger partial charge in [0.2, 0.25) is 53.2 Å². The molecule has 615 valence electrons. The molecular weight excluding hydrogens is 1530 g/mol. The van der Waals surface area contributed by atoms with E-state index < -0.39 is 186 Å². The van der Waals surface area contributed by atoms with Gasteiger partial charge in [0.25, 0.3) is 7.82 Å². The van der Waals surface area contributed by atoms with Gasteiger partial charge in [-0.1, -0.05) is 34.6 Å². The van der Waals surface area contributed by atoms with Crippen molar-refractivity contribution in [2.45, 2.75) is 214 Å². The van der Waals surface area contributed by atoms with Crippen LogP contribution in [0, 0.1) is 59.2 Å². The average molecular weight is 1640 g/mol. The molecule has 9 amide bonds. The number of phosphoric ester groups is 1. The summed E-state index contributed by atoms with van der Waals surface area (Å²) in [5.41, 5.74) is 42.5. The second kappa shape index (κ2) is 36.7. The van der Waals surface area contributed by atoms with Crippen LogP contribution in [0.3, 0.4) is 0 Å². The summed E-state index contributed by atoms with van der Waals surface area (Å²) in [5, 5.41) is 49.5. The number of carboxylic acid groups (broad SMARTS) is 2. The summed E-state index contributed by atoms with van der Waals surface area (Å²) in [6, 6.07) is 0.516. The van der Waals surface area contributed by atoms with Gasteiger partial charge in [-0.15, -0.1) is 0 Å². The largest absolute Gasteiger partial charge is 0.756 e. The minimum atomic E-state index is -5.32. The van der Waals surface area contributed by atoms with Crippen LogP contribution in [0.15, 0.2) is 67.8 Å². The van der Waals surface area contributed by atoms with Gasteiger partial charge >= 0.3 is 11.9 Å². The number of allylic oxidation sites excluding steroid dienone is 6. The van der Waals surface area contributed by atoms with Crippen molar-refractivity contribution in [2.75, 3.05) is 25.4 Å². The number of aryl methyl sites for hydroxylation is 2. The number of hydrogen-bond acceptors (Lipinski definition) is 25. The summed E-state index contributed by atoms with van der Waals surface area (Å²) >= 11 is 3.87. The van der Waals surface area contributed by atoms with Crippen molar-refractivity contribution >= 4 is 114 Å². The van der Waals surface area contributed by atoms with E-state index in [9.17, 15) is 72.4 Å². The number of amides is 9. The zero-order valence-corrected chi connectivity index (χ0v) is 66.9. The molecule has 6 aliphatic rings. The summed E-state index contributed by atoms with van der Waals surface area (Å²) in [7, 11) is -5.32. The molecule has 6 aliphatic heterocycles. The predicted octanol–water partition coefficient (Wildman–Crippen LogP) is 0.323. The van der Waals surface area contributed by atoms with Crippen LogP contribution in [0.2, 0.25) is 0 Å². The number of carbonyl (C=O) groups excluding carboxylic acids is 9. The molecule has 0 aliphatic carbocycles. The number of aliphatic imine (C=N–C) groups is 3. The zero-order chi connectivity index (χ0) is 82.4. The Morgan fingerprint density at radius 2 is 1.38 bits per heavy atom. The summed E-state index contributed by atoms with van der Waals surface area (Å²) < 4.78 is 31.9. The molecule has 17 atom stereocenters. The fraction of sp³-hybridized carbons (Fsp3) is 0.625. The number of carboxylic acids is 2. The minimum absolute atomic E-state index is 0. The van der Waals surface area contributed by atoms with Crippen LogP contribution < -0.4 is 66.3 Å². The van der Waals surface area contributed by atoms with Gasteiger partial charge in [-0.2, -0.15) is 12.6 Å². The molecule has 7 heterocycles. The molecule has 5 unspecified atom stereocenters. The second-order valence-corrected chi connectivity index (χ2v) is 32.6. The number of aliphatic hydroxyl groups is 2. The summed E-state index contributed by atoms with van der Waals surface area (Å²) in [6.07, 6.45) is -4.81. The van der Waals surface area contributed by atoms with E-state index in [2.05, 4.69) is 38.9 Å². The molecule has 0 saturated carbocycles. The molecule has 2 saturated heterocycles. The van der Waals surface area contributed by atoms with Crippen molar-refractivity contribution in [3.05, 3.63) is 63.9 Å². The Morgan fingerprint density at radius 1 is 0.784 bits per heavy atom. The molecule has 1 radical (unpaired) electrons. The van der Waals surface area contributed by atoms with E-state index in [1.165, 1.54) is 17.8 Å². The molecule has 22 N–H and O–H groups in total. The Labute approximate surface area is 658 Å². The van der Waals surface area contributed by atoms with E-state index in [-0.39, 0.29) is 113 Å². The quantitative estimate of drug-likeness (QED) is 0.0326. The fourth-order valence-corrected chi connectivity index (χ4v) is 18.0. The third kappa shape index (κ3) is 20.4. The standard InChI is InChI=1S/C62H90N13O14P.C10H17N3O6S.Co/c1-29-20-39-40(21-30(29)2)75(28-70-39)57-52(84)53(41(27-76)87-57)89-90(85,86)88-31(3)26-69-49(83)18-19-59(8)37(22-46(66)80)56-62(11)61(10,25-48(68)82)36(14-17-45(65)79)51(74-62)33(5)55-60(9,24-47(67)81)34(12-15-43(63)77)38(71-55)23-42-58(6,7)35(13-16-44(64)78)50(72-42)32(4)54(59)73-56;11-5(10(18)19)1-2-7(14)13-6(4-20)9(17)12-3-8(15)16;/h20-21,23,28,31,34-37,41,52-53,56-57,71,76,84H,12-19,22,24-27H2,1-11H3,(H2,63,77)(H2,64,78)(H2,65,79)(H2,66,80)(H2,67,81)(H2,68,82)(H,69,83)(H,85,86);5-6,20H,1-4,11H2,(H,12,17)(H,13,14)(H,15,16)(H,18,19);/p-1/b38-23-,50-32-,55-33-;;/t31?,34-,35-,36-,37?,41-,52-,53+,56?,57+,59-,60+,61+,62?;5-,6+;/m11./s1. The number of aliphatic carboxylic acids is 2. The Morgan fingerprint density at radius 3 is 1.94 bits per heavy atom. The van der Waals surface area contributed by atoms with Crippen molar-refractivity contribution in [1.82, 2.24) is 30.8 Å². The predicted molar refractivity (Wildman–Crippen MR) is 403 cm³/mol. The van der Waals surface area contributed by atoms with E-state index in [0.29, 0.717) is 56.4 Å². The van der Waals surface area contributed by atoms with Gasteiger partial charge in [-0.3, -0.25) is 72.3 Å². The molecule has 2 aromatic rings. The number of thiol groups is 1. The number of nitrogens with one attached hydrogen (secondary N) is 4. The minimum Gasteiger partial charge on any atom is -0.756 e. The van der Waals surface area contributed by atoms with Gasteiger partial charge in [0, 0.05) is 160 Å². The number of nitrogens with zero attached hydrogens (tertiary/aromatic N) is 5. The number of hydrogen-bond donors (Lipinski definition) is 16. The molecule has 111 heavy (non-hydrogen) atoms. The second-order valence-electron chi connectivity index (χ2n) is 31.0. The fourth-order valence-electron chi connectivity index (χ4n) is 16.6. The van der Waals surface area contributed by atoms with Gasteiger partial charge in [-0.25, -0.2) is 4.98 Å². The van der Waals surface area contributed by atoms with Gasteiger partial charge in [0.1, 0.15) is 36.9 Å². The molecule has 0 spiro atoms. The normalized spacial score (nSPS) is 30.1. The van der Waals surface area contributed by atoms with E-state index in [4.69, 9.17) is 79.1 Å². The van der Waals surface area contributed by atoms with Gasteiger partial charge in [0.05, 0.1) is 41.7 Å². The van der Waals surface area contributed by atoms with E-state index in [1.807, 2.05) is 87.4 Å². The number of benzene rings is 1. The molecule has 1 aromatic heterocycles. The van der Waals surface area contributed by atoms with Crippen LogP contribution >= 0.6 is 20.5 Å². The van der Waals surface area contributed by atoms with E-state index >= 15 is 0 Å². The number of nitrogens with two attached hydrogens (primary N) is 7. The number of fused-ring (bicyclic) bond motifs is 7. The third-order valence-corrected chi connectivity index (χ3v) is 24.3. The number of phosphoric acid groups is 1. The maximum atomic E-state index is 14.4. The Hall–Kier alpha value is -8.30. The van der Waals surface area contributed by atoms with Gasteiger partial charge < -0.3 is 105 Å². The SMILES string of the molecule is C/C1=C2N=C(/C=C3\N/C(=C(/C)C4=NC(C)(C5N=C1[C@](C)(CCC(=O)NCC(C)OP(=O)([O-])O[C@@H]1[C@@H](O)[C@@H](n6cnc7cc(C)c(C)cc76)O[C@@H]1CO)C5CC(N)=O)[C@@](C)(CC(N)=O)[C@@H]4CCC(N)=O)[C@@](C)(CC(N)=O)[C@@H]3CCC(N)=O)C(C)(C)[C@@H]/2CCC(N)=O.N[C@H](CCC(=O)N[C@@H](CS)C(=O)NCC(=O)O)C(=O)O.[Co]. The van der Waals surface area contributed by atoms with Crippen LogP contribution in [0.5, 0.6) is 0 Å². The Kier molecular flexibility index (Phi) is 30.3. The summed E-state index contributed by atoms with van der Waals surface area (Å²) in [4.78, 5) is 172. The molecule has 39 heteroatoms. The number of aliphatic hydroxyl groups excluding tert-OH is 2. The number of imidazole rings is 1. The van der Waals surface area contributed by atoms with Crippen LogP contribution in [0.1, 0.15) is 163 Å². The summed E-state index contributed by atoms with van der Waals surface area (Å²) in [6.45, 7) is 18.5. The summed E-state index contributed by atoms with van der Waals surface area (Å²) in [5.74, 6) is -10.9. The van der Waals surface area contributed by atoms with Crippen LogP contribution in [-0.4, -0.2) is 186 Å². The molecule has 8 bridgehead atoms. The molecular formula is C72H106CoN16O20PS-. The van der Waals surface area contributed by atoms with E-state index in [1.54, 1.807) is 0 Å². The first kappa shape index (κ1) is 91.6. The molecule has 36 nitrogen and oxygen atoms in total. The average Bonchev–Trinajstić information content (AvgIpc) is 1.53. The maximum absolute atomic E-state index is 14.4. The van der Waals surface area contributed by atoms with Crippen molar-refractivity contribution in [1.29, 1.82) is 0 Å². The zero-order valence-electron chi connectivity index (χ0n) is 64.1. The van der Waals surface area contributed by atoms with Crippen molar-refractivity contribution in [3.63, 3.8) is 0 Å². The monoisotopic (exact) mass is 1640 g/mol. The van der Waals surface area contributed by atoms with Crippen molar-refractivity contribution in [3.8, 4) is 0 Å². The number of rotatable bonds is 35. The van der Waals surface area contributed by atoms with Crippen molar-refractivity contribution in [2.24, 2.45) is 100 Å². The topological polar surface area (TPSA) is 622 Å². The van der Waals surface area contributed by atoms with Gasteiger partial charge in [0.15, 0.2) is 6.23 Å². The smallest absolute Gasteiger partial charge is 0.322 e. The first-order valence-electron chi connectivity index (χ1n) is 36.2. The Balaban J connectivity index is 0.000000800. The molecule has 2 fully saturated rings. The third-order valence-electron chi connectivity index (χ3n) is 22.8. The Bertz CT molecular complexity index is 4240. The number of ether oxygens (including phenoxy) is 1. The first-order valence-corrected chi connectivity index (χ1v) is 38.3. The van der Waals surface area contributed by atoms with Crippen molar-refractivity contribution < 1.29 is 113 Å². The number of aromatic nitrogens is 2.